The van der Waals surface area contributed by atoms with Crippen molar-refractivity contribution in [2.75, 3.05) is 6.61 Å². The summed E-state index contributed by atoms with van der Waals surface area (Å²) in [6.07, 6.45) is -5.29. The quantitative estimate of drug-likeness (QED) is 0.155. The van der Waals surface area contributed by atoms with Gasteiger partial charge in [-0.1, -0.05) is 69.2 Å². The van der Waals surface area contributed by atoms with Crippen LogP contribution in [0.25, 0.3) is 0 Å². The van der Waals surface area contributed by atoms with Gasteiger partial charge in [-0.15, -0.1) is 0 Å². The Morgan fingerprint density at radius 2 is 1.31 bits per heavy atom. The first kappa shape index (κ1) is 30.8. The molecular formula is C33H68O6Si3. The zero-order valence-electron chi connectivity index (χ0n) is 35.0. The fraction of sp³-hybridized carbons (Fsp3) is 0.970. The van der Waals surface area contributed by atoms with Crippen LogP contribution < -0.4 is 0 Å². The molecule has 0 aliphatic carbocycles. The zero-order chi connectivity index (χ0) is 37.1. The molecule has 0 spiro atoms. The summed E-state index contributed by atoms with van der Waals surface area (Å²) in [4.78, 5) is 13.1. The first-order valence-electron chi connectivity index (χ1n) is 18.4. The van der Waals surface area contributed by atoms with E-state index in [1.165, 1.54) is 0 Å². The molecule has 42 heavy (non-hydrogen) atoms. The monoisotopic (exact) mass is 649 g/mol. The van der Waals surface area contributed by atoms with Crippen LogP contribution in [0.5, 0.6) is 0 Å². The second kappa shape index (κ2) is 13.1. The standard InChI is InChI=1S/C33H68O6Si3/c1-22(34)19-26-30(39-42(17,18)33(10,11)12)29(38-41(15,16)32(7,8)9)25(21-35-26)20-27-28(36-27)23(2)24(3)37-40(13,14)31(4,5)6/h23-30H,19-21H2,1-18H3/t23-,24-,25-,26-,27?,28-,29+,30-/m0/s1/i1D3,19D2. The molecule has 0 radical (unpaired) electrons. The second-order valence-electron chi connectivity index (χ2n) is 17.5. The second-order valence-corrected chi connectivity index (χ2v) is 31.8. The molecule has 248 valence electrons. The van der Waals surface area contributed by atoms with Crippen LogP contribution in [0.2, 0.25) is 54.4 Å². The van der Waals surface area contributed by atoms with Crippen molar-refractivity contribution in [3.8, 4) is 0 Å². The van der Waals surface area contributed by atoms with E-state index in [1.54, 1.807) is 0 Å². The van der Waals surface area contributed by atoms with Crippen molar-refractivity contribution in [2.24, 2.45) is 11.8 Å². The number of ether oxygens (including phenoxy) is 2. The van der Waals surface area contributed by atoms with Gasteiger partial charge in [-0.25, -0.2) is 0 Å². The third-order valence-electron chi connectivity index (χ3n) is 11.0. The normalized spacial score (nSPS) is 32.2. The van der Waals surface area contributed by atoms with Crippen LogP contribution in [0, 0.1) is 11.8 Å². The van der Waals surface area contributed by atoms with E-state index < -0.39 is 62.3 Å². The van der Waals surface area contributed by atoms with Gasteiger partial charge >= 0.3 is 0 Å². The summed E-state index contributed by atoms with van der Waals surface area (Å²) in [7, 11) is -7.05. The van der Waals surface area contributed by atoms with Crippen LogP contribution in [-0.4, -0.2) is 74.0 Å². The fourth-order valence-corrected chi connectivity index (χ4v) is 8.91. The zero-order valence-corrected chi connectivity index (χ0v) is 33.0. The third kappa shape index (κ3) is 9.33. The topological polar surface area (TPSA) is 66.5 Å². The number of ketones is 1. The highest BCUT2D eigenvalue weighted by atomic mass is 28.4. The highest BCUT2D eigenvalue weighted by Crippen LogP contribution is 2.47. The maximum Gasteiger partial charge on any atom is 0.192 e. The van der Waals surface area contributed by atoms with Crippen molar-refractivity contribution in [1.82, 2.24) is 0 Å². The summed E-state index contributed by atoms with van der Waals surface area (Å²) in [5.74, 6) is -1.53. The molecule has 2 saturated heterocycles. The summed E-state index contributed by atoms with van der Waals surface area (Å²) in [5.41, 5.74) is 0. The Kier molecular flexibility index (Phi) is 9.58. The Balaban J connectivity index is 2.53. The number of rotatable bonds is 12. The molecule has 1 unspecified atom stereocenters. The van der Waals surface area contributed by atoms with E-state index in [0.29, 0.717) is 6.42 Å². The lowest BCUT2D eigenvalue weighted by molar-refractivity contribution is -0.161. The summed E-state index contributed by atoms with van der Waals surface area (Å²) >= 11 is 0. The SMILES string of the molecule is [2H]C([2H])([2H])C(=O)C([2H])([2H])[C@@H]1OC[C@H](CC2O[C@H]2[C@@H](C)[C@H](C)O[Si](C)(C)C(C)(C)C)[C@@H](O[Si](C)(C)C(C)(C)C)[C@H]1O[Si](C)(C)C(C)(C)C. The molecular weight excluding hydrogens is 577 g/mol. The minimum atomic E-state index is -3.13. The van der Waals surface area contributed by atoms with Gasteiger partial charge in [0.15, 0.2) is 25.0 Å². The van der Waals surface area contributed by atoms with Crippen molar-refractivity contribution in [2.45, 2.75) is 187 Å². The molecule has 2 aliphatic heterocycles. The van der Waals surface area contributed by atoms with Crippen molar-refractivity contribution in [3.63, 3.8) is 0 Å². The predicted molar refractivity (Wildman–Crippen MR) is 183 cm³/mol. The molecule has 9 heteroatoms. The van der Waals surface area contributed by atoms with E-state index in [1.807, 2.05) is 0 Å². The fourth-order valence-electron chi connectivity index (χ4n) is 4.76. The lowest BCUT2D eigenvalue weighted by atomic mass is 9.86. The average molecular weight is 650 g/mol. The van der Waals surface area contributed by atoms with Crippen LogP contribution in [0.1, 0.15) is 103 Å². The van der Waals surface area contributed by atoms with Gasteiger partial charge in [0.25, 0.3) is 0 Å². The van der Waals surface area contributed by atoms with Gasteiger partial charge in [-0.05, 0) is 74.6 Å². The van der Waals surface area contributed by atoms with E-state index in [9.17, 15) is 4.79 Å². The molecule has 0 aromatic heterocycles. The molecule has 0 aromatic carbocycles. The third-order valence-corrected chi connectivity index (χ3v) is 24.5. The van der Waals surface area contributed by atoms with Crippen LogP contribution in [0.4, 0.5) is 0 Å². The molecule has 0 amide bonds. The van der Waals surface area contributed by atoms with Gasteiger partial charge in [0.05, 0.1) is 37.1 Å². The first-order chi connectivity index (χ1) is 20.6. The van der Waals surface area contributed by atoms with Crippen molar-refractivity contribution >= 4 is 30.7 Å². The molecule has 8 atom stereocenters. The van der Waals surface area contributed by atoms with E-state index in [4.69, 9.17) is 29.6 Å². The lowest BCUT2D eigenvalue weighted by Crippen LogP contribution is -2.61. The Hall–Kier alpha value is 0.121. The van der Waals surface area contributed by atoms with E-state index in [2.05, 4.69) is 115 Å². The first-order valence-corrected chi connectivity index (χ1v) is 24.7. The van der Waals surface area contributed by atoms with Gasteiger partial charge in [0.1, 0.15) is 5.78 Å². The molecule has 2 heterocycles. The molecule has 0 saturated carbocycles. The lowest BCUT2D eigenvalue weighted by Gasteiger charge is -2.51. The maximum absolute atomic E-state index is 13.1. The Morgan fingerprint density at radius 1 is 0.833 bits per heavy atom. The smallest absolute Gasteiger partial charge is 0.192 e. The molecule has 6 nitrogen and oxygen atoms in total. The predicted octanol–water partition coefficient (Wildman–Crippen LogP) is 8.97. The van der Waals surface area contributed by atoms with Gasteiger partial charge < -0.3 is 22.8 Å². The Bertz CT molecular complexity index is 1090. The minimum Gasteiger partial charge on any atom is -0.414 e. The number of hydrogen-bond acceptors (Lipinski definition) is 6. The number of Topliss-reactive ketones (excluding diaryl/α,β-unsaturated/α-hetero) is 1. The summed E-state index contributed by atoms with van der Waals surface area (Å²) < 4.78 is 74.5. The van der Waals surface area contributed by atoms with Gasteiger partial charge in [0.2, 0.25) is 0 Å². The van der Waals surface area contributed by atoms with Crippen molar-refractivity contribution in [1.29, 1.82) is 0 Å². The minimum absolute atomic E-state index is 0.00403. The highest BCUT2D eigenvalue weighted by Gasteiger charge is 2.54. The van der Waals surface area contributed by atoms with Crippen molar-refractivity contribution < 1.29 is 34.4 Å². The largest absolute Gasteiger partial charge is 0.414 e. The molecule has 2 aliphatic rings. The molecule has 2 fully saturated rings. The highest BCUT2D eigenvalue weighted by molar-refractivity contribution is 6.75. The number of carbonyl (C=O) groups excluding carboxylic acids is 1. The van der Waals surface area contributed by atoms with Gasteiger partial charge in [0, 0.05) is 31.2 Å². The van der Waals surface area contributed by atoms with Crippen molar-refractivity contribution in [3.05, 3.63) is 0 Å². The van der Waals surface area contributed by atoms with Crippen LogP contribution in [0.15, 0.2) is 0 Å². The number of carbonyl (C=O) groups is 1. The Morgan fingerprint density at radius 3 is 1.76 bits per heavy atom. The van der Waals surface area contributed by atoms with Gasteiger partial charge in [-0.3, -0.25) is 4.79 Å². The Labute approximate surface area is 270 Å². The maximum atomic E-state index is 13.1. The van der Waals surface area contributed by atoms with Crippen LogP contribution >= 0.6 is 0 Å². The molecule has 0 bridgehead atoms. The van der Waals surface area contributed by atoms with E-state index in [0.717, 1.165) is 0 Å². The molecule has 2 rings (SSSR count). The molecule has 0 N–H and O–H groups in total. The van der Waals surface area contributed by atoms with Gasteiger partial charge in [-0.2, -0.15) is 0 Å². The van der Waals surface area contributed by atoms with Crippen LogP contribution in [-0.2, 0) is 27.5 Å². The number of hydrogen-bond donors (Lipinski definition) is 0. The van der Waals surface area contributed by atoms with Crippen LogP contribution in [0.3, 0.4) is 0 Å². The van der Waals surface area contributed by atoms with E-state index in [-0.39, 0.29) is 51.9 Å². The summed E-state index contributed by atoms with van der Waals surface area (Å²) in [6, 6.07) is 0. The molecule has 0 aromatic rings. The summed E-state index contributed by atoms with van der Waals surface area (Å²) in [5, 5.41) is -0.308. The number of epoxide rings is 1. The summed E-state index contributed by atoms with van der Waals surface area (Å²) in [6.45, 7) is 33.7. The average Bonchev–Trinajstić information content (AvgIpc) is 3.60. The van der Waals surface area contributed by atoms with E-state index >= 15 is 0 Å².